The lowest BCUT2D eigenvalue weighted by Crippen LogP contribution is -2.12. The van der Waals surface area contributed by atoms with Gasteiger partial charge >= 0.3 is 0 Å². The van der Waals surface area contributed by atoms with Crippen LogP contribution < -0.4 is 10.3 Å². The number of nitriles is 1. The van der Waals surface area contributed by atoms with Gasteiger partial charge in [-0.05, 0) is 30.7 Å². The van der Waals surface area contributed by atoms with Crippen LogP contribution in [0.1, 0.15) is 11.1 Å². The number of aromatic nitrogens is 1. The lowest BCUT2D eigenvalue weighted by atomic mass is 10.1. The number of rotatable bonds is 2. The first-order chi connectivity index (χ1) is 8.15. The Kier molecular flexibility index (Phi) is 2.84. The first-order valence-corrected chi connectivity index (χ1v) is 5.23. The predicted octanol–water partition coefficient (Wildman–Crippen LogP) is 1.91. The molecule has 0 bridgehead atoms. The van der Waals surface area contributed by atoms with Crippen molar-refractivity contribution in [3.63, 3.8) is 0 Å². The zero-order valence-corrected chi connectivity index (χ0v) is 9.70. The van der Waals surface area contributed by atoms with Crippen molar-refractivity contribution in [1.82, 2.24) is 4.98 Å². The Balaban J connectivity index is 2.75. The van der Waals surface area contributed by atoms with Crippen LogP contribution in [0.2, 0.25) is 0 Å². The fourth-order valence-electron chi connectivity index (χ4n) is 1.85. The monoisotopic (exact) mass is 228 g/mol. The average Bonchev–Trinajstić information content (AvgIpc) is 2.31. The van der Waals surface area contributed by atoms with Gasteiger partial charge in [0.1, 0.15) is 5.75 Å². The molecule has 2 aromatic rings. The zero-order chi connectivity index (χ0) is 12.4. The quantitative estimate of drug-likeness (QED) is 0.853. The minimum Gasteiger partial charge on any atom is -0.497 e. The van der Waals surface area contributed by atoms with E-state index in [1.807, 2.05) is 25.1 Å². The molecule has 0 saturated heterocycles. The molecule has 0 spiro atoms. The molecule has 4 nitrogen and oxygen atoms in total. The molecule has 0 fully saturated rings. The Morgan fingerprint density at radius 3 is 2.82 bits per heavy atom. The van der Waals surface area contributed by atoms with Gasteiger partial charge in [-0.2, -0.15) is 5.26 Å². The lowest BCUT2D eigenvalue weighted by Gasteiger charge is -2.07. The molecule has 0 amide bonds. The summed E-state index contributed by atoms with van der Waals surface area (Å²) in [7, 11) is 1.60. The molecule has 0 aliphatic rings. The molecule has 17 heavy (non-hydrogen) atoms. The number of aromatic amines is 1. The lowest BCUT2D eigenvalue weighted by molar-refractivity contribution is 0.415. The Labute approximate surface area is 98.5 Å². The summed E-state index contributed by atoms with van der Waals surface area (Å²) in [5, 5.41) is 9.53. The summed E-state index contributed by atoms with van der Waals surface area (Å²) in [4.78, 5) is 14.5. The van der Waals surface area contributed by atoms with Crippen LogP contribution in [0.4, 0.5) is 0 Å². The molecule has 4 heteroatoms. The molecule has 0 unspecified atom stereocenters. The van der Waals surface area contributed by atoms with E-state index in [1.54, 1.807) is 13.2 Å². The Hall–Kier alpha value is -2.28. The first-order valence-electron chi connectivity index (χ1n) is 5.23. The average molecular weight is 228 g/mol. The minimum absolute atomic E-state index is 0.113. The van der Waals surface area contributed by atoms with Crippen LogP contribution in [0.15, 0.2) is 23.0 Å². The number of ether oxygens (including phenoxy) is 1. The van der Waals surface area contributed by atoms with E-state index in [-0.39, 0.29) is 12.0 Å². The third kappa shape index (κ3) is 2.00. The fraction of sp³-hybridized carbons (Fsp3) is 0.231. The number of pyridine rings is 1. The van der Waals surface area contributed by atoms with Gasteiger partial charge in [0.05, 0.1) is 25.1 Å². The van der Waals surface area contributed by atoms with Crippen molar-refractivity contribution in [3.05, 3.63) is 39.7 Å². The number of methoxy groups -OCH3 is 1. The first kappa shape index (κ1) is 11.2. The summed E-state index contributed by atoms with van der Waals surface area (Å²) >= 11 is 0. The topological polar surface area (TPSA) is 65.9 Å². The highest BCUT2D eigenvalue weighted by Crippen LogP contribution is 2.22. The van der Waals surface area contributed by atoms with Gasteiger partial charge in [0.25, 0.3) is 5.56 Å². The Morgan fingerprint density at radius 2 is 2.18 bits per heavy atom. The molecule has 1 N–H and O–H groups in total. The van der Waals surface area contributed by atoms with Crippen LogP contribution in [0.25, 0.3) is 10.9 Å². The number of benzene rings is 1. The highest BCUT2D eigenvalue weighted by molar-refractivity contribution is 5.83. The SMILES string of the molecule is COc1cc(C)c2[nH]c(=O)c(CC#N)cc2c1. The Bertz CT molecular complexity index is 665. The number of H-pyrrole nitrogens is 1. The van der Waals surface area contributed by atoms with Gasteiger partial charge in [0.2, 0.25) is 0 Å². The van der Waals surface area contributed by atoms with Gasteiger partial charge < -0.3 is 9.72 Å². The van der Waals surface area contributed by atoms with Crippen LogP contribution in [0.5, 0.6) is 5.75 Å². The molecule has 0 atom stereocenters. The molecule has 0 saturated carbocycles. The van der Waals surface area contributed by atoms with Crippen LogP contribution in [0, 0.1) is 18.3 Å². The summed E-state index contributed by atoms with van der Waals surface area (Å²) in [6.45, 7) is 1.91. The second kappa shape index (κ2) is 4.30. The molecule has 1 aromatic carbocycles. The summed E-state index contributed by atoms with van der Waals surface area (Å²) in [5.74, 6) is 0.741. The molecule has 2 rings (SSSR count). The highest BCUT2D eigenvalue weighted by Gasteiger charge is 2.06. The number of hydrogen-bond donors (Lipinski definition) is 1. The summed E-state index contributed by atoms with van der Waals surface area (Å²) in [6.07, 6.45) is 0.113. The van der Waals surface area contributed by atoms with E-state index in [9.17, 15) is 4.79 Å². The highest BCUT2D eigenvalue weighted by atomic mass is 16.5. The second-order valence-corrected chi connectivity index (χ2v) is 3.87. The normalized spacial score (nSPS) is 10.2. The predicted molar refractivity (Wildman–Crippen MR) is 65.2 cm³/mol. The van der Waals surface area contributed by atoms with Crippen LogP contribution in [-0.4, -0.2) is 12.1 Å². The van der Waals surface area contributed by atoms with E-state index in [1.165, 1.54) is 0 Å². The van der Waals surface area contributed by atoms with Crippen LogP contribution in [-0.2, 0) is 6.42 Å². The smallest absolute Gasteiger partial charge is 0.252 e. The fourth-order valence-corrected chi connectivity index (χ4v) is 1.85. The molecule has 0 radical (unpaired) electrons. The standard InChI is InChI=1S/C13H12N2O2/c1-8-5-11(17-2)7-10-6-9(3-4-14)13(16)15-12(8)10/h5-7H,3H2,1-2H3,(H,15,16). The third-order valence-corrected chi connectivity index (χ3v) is 2.70. The number of aryl methyl sites for hydroxylation is 1. The van der Waals surface area contributed by atoms with Crippen molar-refractivity contribution < 1.29 is 4.74 Å². The van der Waals surface area contributed by atoms with Crippen LogP contribution >= 0.6 is 0 Å². The molecular weight excluding hydrogens is 216 g/mol. The minimum atomic E-state index is -0.202. The number of nitrogens with zero attached hydrogens (tertiary/aromatic N) is 1. The van der Waals surface area contributed by atoms with Gasteiger partial charge in [-0.25, -0.2) is 0 Å². The van der Waals surface area contributed by atoms with E-state index < -0.39 is 0 Å². The van der Waals surface area contributed by atoms with Crippen molar-refractivity contribution in [2.45, 2.75) is 13.3 Å². The number of hydrogen-bond acceptors (Lipinski definition) is 3. The molecule has 0 aliphatic heterocycles. The van der Waals surface area contributed by atoms with E-state index in [4.69, 9.17) is 10.00 Å². The molecule has 1 heterocycles. The third-order valence-electron chi connectivity index (χ3n) is 2.70. The van der Waals surface area contributed by atoms with E-state index >= 15 is 0 Å². The van der Waals surface area contributed by atoms with E-state index in [2.05, 4.69) is 4.98 Å². The van der Waals surface area contributed by atoms with Crippen molar-refractivity contribution >= 4 is 10.9 Å². The number of nitrogens with one attached hydrogen (secondary N) is 1. The second-order valence-electron chi connectivity index (χ2n) is 3.87. The maximum absolute atomic E-state index is 11.7. The molecular formula is C13H12N2O2. The summed E-state index contributed by atoms with van der Waals surface area (Å²) in [6, 6.07) is 7.43. The van der Waals surface area contributed by atoms with Crippen molar-refractivity contribution in [2.24, 2.45) is 0 Å². The van der Waals surface area contributed by atoms with Gasteiger partial charge in [-0.15, -0.1) is 0 Å². The van der Waals surface area contributed by atoms with Crippen molar-refractivity contribution in [2.75, 3.05) is 7.11 Å². The van der Waals surface area contributed by atoms with Crippen molar-refractivity contribution in [3.8, 4) is 11.8 Å². The largest absolute Gasteiger partial charge is 0.497 e. The van der Waals surface area contributed by atoms with Gasteiger partial charge in [0.15, 0.2) is 0 Å². The van der Waals surface area contributed by atoms with E-state index in [0.717, 1.165) is 22.2 Å². The zero-order valence-electron chi connectivity index (χ0n) is 9.70. The molecule has 0 aliphatic carbocycles. The summed E-state index contributed by atoms with van der Waals surface area (Å²) < 4.78 is 5.18. The van der Waals surface area contributed by atoms with Gasteiger partial charge in [-0.3, -0.25) is 4.79 Å². The molecule has 1 aromatic heterocycles. The molecule has 86 valence electrons. The van der Waals surface area contributed by atoms with E-state index in [0.29, 0.717) is 5.56 Å². The van der Waals surface area contributed by atoms with Crippen LogP contribution in [0.3, 0.4) is 0 Å². The maximum Gasteiger partial charge on any atom is 0.252 e. The maximum atomic E-state index is 11.7. The number of fused-ring (bicyclic) bond motifs is 1. The Morgan fingerprint density at radius 1 is 1.41 bits per heavy atom. The van der Waals surface area contributed by atoms with Gasteiger partial charge in [0, 0.05) is 10.9 Å². The summed E-state index contributed by atoms with van der Waals surface area (Å²) in [5.41, 5.74) is 2.01. The van der Waals surface area contributed by atoms with Crippen molar-refractivity contribution in [1.29, 1.82) is 5.26 Å². The van der Waals surface area contributed by atoms with Gasteiger partial charge in [-0.1, -0.05) is 0 Å².